The third-order valence-corrected chi connectivity index (χ3v) is 3.73. The summed E-state index contributed by atoms with van der Waals surface area (Å²) in [5.74, 6) is -0.224. The zero-order chi connectivity index (χ0) is 13.8. The second-order valence-electron chi connectivity index (χ2n) is 5.28. The molecule has 1 atom stereocenters. The van der Waals surface area contributed by atoms with E-state index in [1.807, 2.05) is 18.2 Å². The Morgan fingerprint density at radius 3 is 2.53 bits per heavy atom. The van der Waals surface area contributed by atoms with E-state index in [9.17, 15) is 9.59 Å². The summed E-state index contributed by atoms with van der Waals surface area (Å²) in [5, 5.41) is 11.2. The van der Waals surface area contributed by atoms with E-state index in [2.05, 4.69) is 17.4 Å². The molecule has 1 aliphatic rings. The lowest BCUT2D eigenvalue weighted by Crippen LogP contribution is -2.40. The molecule has 0 heterocycles. The summed E-state index contributed by atoms with van der Waals surface area (Å²) < 4.78 is 0. The maximum atomic E-state index is 11.6. The van der Waals surface area contributed by atoms with Gasteiger partial charge in [0.25, 0.3) is 0 Å². The van der Waals surface area contributed by atoms with Gasteiger partial charge in [0.05, 0.1) is 0 Å². The number of carboxylic acids is 1. The van der Waals surface area contributed by atoms with Crippen LogP contribution in [0.3, 0.4) is 0 Å². The van der Waals surface area contributed by atoms with Crippen molar-refractivity contribution in [3.05, 3.63) is 35.9 Å². The van der Waals surface area contributed by atoms with Crippen LogP contribution < -0.4 is 5.32 Å². The second kappa shape index (κ2) is 5.87. The zero-order valence-corrected chi connectivity index (χ0v) is 11.0. The van der Waals surface area contributed by atoms with Gasteiger partial charge in [0.1, 0.15) is 6.04 Å². The molecule has 1 unspecified atom stereocenters. The number of hydrogen-bond donors (Lipinski definition) is 2. The molecule has 1 fully saturated rings. The van der Waals surface area contributed by atoms with E-state index in [1.54, 1.807) is 0 Å². The van der Waals surface area contributed by atoms with E-state index >= 15 is 0 Å². The van der Waals surface area contributed by atoms with Gasteiger partial charge in [0.2, 0.25) is 5.91 Å². The highest BCUT2D eigenvalue weighted by Crippen LogP contribution is 2.43. The molecule has 4 heteroatoms. The Kier molecular flexibility index (Phi) is 4.20. The molecule has 0 bridgehead atoms. The Balaban J connectivity index is 1.73. The third kappa shape index (κ3) is 3.56. The Hall–Kier alpha value is -1.84. The van der Waals surface area contributed by atoms with Crippen LogP contribution in [0, 0.1) is 5.92 Å². The molecule has 102 valence electrons. The topological polar surface area (TPSA) is 66.4 Å². The lowest BCUT2D eigenvalue weighted by atomic mass is 9.70. The normalized spacial score (nSPS) is 23.2. The van der Waals surface area contributed by atoms with Crippen LogP contribution in [-0.2, 0) is 9.59 Å². The summed E-state index contributed by atoms with van der Waals surface area (Å²) in [6.45, 7) is 1.48. The minimum Gasteiger partial charge on any atom is -0.480 e. The summed E-state index contributed by atoms with van der Waals surface area (Å²) in [7, 11) is 0. The molecule has 1 aromatic carbocycles. The average molecular weight is 261 g/mol. The number of hydrogen-bond acceptors (Lipinski definition) is 2. The predicted octanol–water partition coefficient (Wildman–Crippen LogP) is 2.16. The van der Waals surface area contributed by atoms with Crippen LogP contribution in [0.2, 0.25) is 0 Å². The van der Waals surface area contributed by atoms with E-state index in [-0.39, 0.29) is 5.91 Å². The highest BCUT2D eigenvalue weighted by Gasteiger charge is 2.31. The van der Waals surface area contributed by atoms with E-state index in [0.717, 1.165) is 12.8 Å². The third-order valence-electron chi connectivity index (χ3n) is 3.73. The first-order valence-electron chi connectivity index (χ1n) is 6.63. The number of aliphatic carboxylic acids is 1. The first kappa shape index (κ1) is 13.6. The van der Waals surface area contributed by atoms with Gasteiger partial charge in [-0.15, -0.1) is 0 Å². The minimum absolute atomic E-state index is 0.161. The van der Waals surface area contributed by atoms with Crippen LogP contribution in [0.1, 0.15) is 37.7 Å². The molecule has 1 saturated carbocycles. The van der Waals surface area contributed by atoms with E-state index in [0.29, 0.717) is 18.3 Å². The lowest BCUT2D eigenvalue weighted by molar-refractivity contribution is -0.141. The number of carbonyl (C=O) groups is 2. The van der Waals surface area contributed by atoms with Crippen molar-refractivity contribution < 1.29 is 14.7 Å². The van der Waals surface area contributed by atoms with Crippen molar-refractivity contribution in [1.82, 2.24) is 5.32 Å². The Labute approximate surface area is 112 Å². The second-order valence-corrected chi connectivity index (χ2v) is 5.28. The fraction of sp³-hybridized carbons (Fsp3) is 0.467. The van der Waals surface area contributed by atoms with Gasteiger partial charge in [-0.3, -0.25) is 9.59 Å². The first-order valence-corrected chi connectivity index (χ1v) is 6.63. The predicted molar refractivity (Wildman–Crippen MR) is 71.8 cm³/mol. The minimum atomic E-state index is -0.996. The SMILES string of the molecule is CC(NC(=O)CC1CC(c2ccccc2)C1)C(=O)O. The van der Waals surface area contributed by atoms with Crippen LogP contribution in [-0.4, -0.2) is 23.0 Å². The van der Waals surface area contributed by atoms with Gasteiger partial charge < -0.3 is 10.4 Å². The molecule has 19 heavy (non-hydrogen) atoms. The van der Waals surface area contributed by atoms with Crippen LogP contribution >= 0.6 is 0 Å². The van der Waals surface area contributed by atoms with Crippen molar-refractivity contribution >= 4 is 11.9 Å². The Morgan fingerprint density at radius 1 is 1.32 bits per heavy atom. The largest absolute Gasteiger partial charge is 0.480 e. The van der Waals surface area contributed by atoms with Crippen molar-refractivity contribution in [3.8, 4) is 0 Å². The fourth-order valence-corrected chi connectivity index (χ4v) is 2.52. The molecule has 2 rings (SSSR count). The number of amides is 1. The molecule has 0 radical (unpaired) electrons. The maximum Gasteiger partial charge on any atom is 0.325 e. The molecular weight excluding hydrogens is 242 g/mol. The summed E-state index contributed by atoms with van der Waals surface area (Å²) >= 11 is 0. The highest BCUT2D eigenvalue weighted by atomic mass is 16.4. The van der Waals surface area contributed by atoms with E-state index in [1.165, 1.54) is 12.5 Å². The van der Waals surface area contributed by atoms with Crippen LogP contribution in [0.5, 0.6) is 0 Å². The van der Waals surface area contributed by atoms with Crippen molar-refractivity contribution in [2.45, 2.75) is 38.1 Å². The highest BCUT2D eigenvalue weighted by molar-refractivity contribution is 5.83. The Morgan fingerprint density at radius 2 is 1.95 bits per heavy atom. The van der Waals surface area contributed by atoms with Crippen molar-refractivity contribution in [2.75, 3.05) is 0 Å². The Bertz CT molecular complexity index is 452. The number of nitrogens with one attached hydrogen (secondary N) is 1. The van der Waals surface area contributed by atoms with Gasteiger partial charge in [-0.05, 0) is 37.2 Å². The van der Waals surface area contributed by atoms with Gasteiger partial charge in [-0.2, -0.15) is 0 Å². The molecule has 0 spiro atoms. The monoisotopic (exact) mass is 261 g/mol. The van der Waals surface area contributed by atoms with Crippen molar-refractivity contribution in [3.63, 3.8) is 0 Å². The molecule has 1 aromatic rings. The molecule has 0 aromatic heterocycles. The molecule has 2 N–H and O–H groups in total. The summed E-state index contributed by atoms with van der Waals surface area (Å²) in [4.78, 5) is 22.3. The molecule has 0 saturated heterocycles. The van der Waals surface area contributed by atoms with Gasteiger partial charge in [-0.1, -0.05) is 30.3 Å². The molecule has 1 aliphatic carbocycles. The molecular formula is C15H19NO3. The van der Waals surface area contributed by atoms with E-state index < -0.39 is 12.0 Å². The van der Waals surface area contributed by atoms with Gasteiger partial charge in [-0.25, -0.2) is 0 Å². The van der Waals surface area contributed by atoms with Crippen LogP contribution in [0.4, 0.5) is 0 Å². The van der Waals surface area contributed by atoms with Gasteiger partial charge in [0, 0.05) is 6.42 Å². The lowest BCUT2D eigenvalue weighted by Gasteiger charge is -2.35. The van der Waals surface area contributed by atoms with E-state index in [4.69, 9.17) is 5.11 Å². The zero-order valence-electron chi connectivity index (χ0n) is 11.0. The standard InChI is InChI=1S/C15H19NO3/c1-10(15(18)19)16-14(17)9-11-7-13(8-11)12-5-3-2-4-6-12/h2-6,10-11,13H,7-9H2,1H3,(H,16,17)(H,18,19). The number of benzene rings is 1. The molecule has 0 aliphatic heterocycles. The molecule has 4 nitrogen and oxygen atoms in total. The van der Waals surface area contributed by atoms with Gasteiger partial charge >= 0.3 is 5.97 Å². The fourth-order valence-electron chi connectivity index (χ4n) is 2.52. The quantitative estimate of drug-likeness (QED) is 0.853. The van der Waals surface area contributed by atoms with Crippen molar-refractivity contribution in [1.29, 1.82) is 0 Å². The number of carbonyl (C=O) groups excluding carboxylic acids is 1. The maximum absolute atomic E-state index is 11.6. The average Bonchev–Trinajstić information content (AvgIpc) is 2.34. The number of rotatable bonds is 5. The molecule has 1 amide bonds. The van der Waals surface area contributed by atoms with Crippen molar-refractivity contribution in [2.24, 2.45) is 5.92 Å². The van der Waals surface area contributed by atoms with Crippen LogP contribution in [0.25, 0.3) is 0 Å². The van der Waals surface area contributed by atoms with Gasteiger partial charge in [0.15, 0.2) is 0 Å². The van der Waals surface area contributed by atoms with Crippen LogP contribution in [0.15, 0.2) is 30.3 Å². The first-order chi connectivity index (χ1) is 9.06. The summed E-state index contributed by atoms with van der Waals surface area (Å²) in [6.07, 6.45) is 2.46. The summed E-state index contributed by atoms with van der Waals surface area (Å²) in [6, 6.07) is 9.49. The smallest absolute Gasteiger partial charge is 0.325 e. The number of carboxylic acid groups (broad SMARTS) is 1. The summed E-state index contributed by atoms with van der Waals surface area (Å²) in [5.41, 5.74) is 1.33.